The van der Waals surface area contributed by atoms with Crippen LogP contribution in [-0.4, -0.2) is 79.1 Å². The summed E-state index contributed by atoms with van der Waals surface area (Å²) in [6.07, 6.45) is 0. The predicted octanol–water partition coefficient (Wildman–Crippen LogP) is 1.66. The molecule has 2 aromatic carbocycles. The number of Topliss-reactive ketones (excluding diaryl/α,β-unsaturated/α-hetero) is 1. The van der Waals surface area contributed by atoms with E-state index in [2.05, 4.69) is 0 Å². The van der Waals surface area contributed by atoms with Crippen molar-refractivity contribution in [2.75, 3.05) is 41.4 Å². The first-order valence-corrected chi connectivity index (χ1v) is 10.8. The molecule has 180 valence electrons. The van der Waals surface area contributed by atoms with Gasteiger partial charge in [0.1, 0.15) is 11.5 Å². The zero-order chi connectivity index (χ0) is 24.8. The number of ketones is 1. The molecule has 0 amide bonds. The smallest absolute Gasteiger partial charge is 0.322 e. The van der Waals surface area contributed by atoms with Gasteiger partial charge in [0.25, 0.3) is 0 Å². The quantitative estimate of drug-likeness (QED) is 0.510. The van der Waals surface area contributed by atoms with Crippen LogP contribution in [0.3, 0.4) is 0 Å². The molecule has 9 nitrogen and oxygen atoms in total. The lowest BCUT2D eigenvalue weighted by Gasteiger charge is -2.60. The number of phenols is 2. The van der Waals surface area contributed by atoms with Gasteiger partial charge in [-0.1, -0.05) is 24.3 Å². The zero-order valence-corrected chi connectivity index (χ0v) is 19.5. The highest BCUT2D eigenvalue weighted by Crippen LogP contribution is 2.60. The van der Waals surface area contributed by atoms with E-state index in [4.69, 9.17) is 9.47 Å². The van der Waals surface area contributed by atoms with Gasteiger partial charge in [-0.3, -0.25) is 19.3 Å². The van der Waals surface area contributed by atoms with Crippen molar-refractivity contribution in [3.05, 3.63) is 59.7 Å². The third-order valence-corrected chi connectivity index (χ3v) is 7.11. The summed E-state index contributed by atoms with van der Waals surface area (Å²) >= 11 is 0. The maximum absolute atomic E-state index is 14.5. The Morgan fingerprint density at radius 1 is 0.794 bits per heavy atom. The second-order valence-electron chi connectivity index (χ2n) is 9.08. The number of carbonyl (C=O) groups excluding carboxylic acids is 3. The second-order valence-corrected chi connectivity index (χ2v) is 9.08. The van der Waals surface area contributed by atoms with Crippen molar-refractivity contribution >= 4 is 17.7 Å². The van der Waals surface area contributed by atoms with Crippen molar-refractivity contribution < 1.29 is 34.1 Å². The molecule has 2 heterocycles. The lowest BCUT2D eigenvalue weighted by molar-refractivity contribution is -0.202. The summed E-state index contributed by atoms with van der Waals surface area (Å²) in [5, 5.41) is 19.7. The van der Waals surface area contributed by atoms with E-state index in [1.807, 2.05) is 4.90 Å². The van der Waals surface area contributed by atoms with Crippen molar-refractivity contribution in [2.45, 2.75) is 12.1 Å². The molecule has 2 N–H and O–H groups in total. The Kier molecular flexibility index (Phi) is 5.87. The number of methoxy groups -OCH3 is 2. The molecular weight excluding hydrogens is 440 g/mol. The van der Waals surface area contributed by atoms with Crippen LogP contribution < -0.4 is 0 Å². The first kappa shape index (κ1) is 23.7. The van der Waals surface area contributed by atoms with E-state index in [1.54, 1.807) is 43.3 Å². The van der Waals surface area contributed by atoms with E-state index in [9.17, 15) is 24.6 Å². The van der Waals surface area contributed by atoms with Gasteiger partial charge in [0.05, 0.1) is 26.3 Å². The number of benzene rings is 2. The molecule has 0 spiro atoms. The van der Waals surface area contributed by atoms with Crippen LogP contribution in [0.25, 0.3) is 0 Å². The van der Waals surface area contributed by atoms with Gasteiger partial charge in [0, 0.05) is 13.1 Å². The fraction of sp³-hybridized carbons (Fsp3) is 0.400. The van der Waals surface area contributed by atoms with Crippen LogP contribution in [0, 0.1) is 10.8 Å². The highest BCUT2D eigenvalue weighted by atomic mass is 16.5. The minimum absolute atomic E-state index is 0.0371. The van der Waals surface area contributed by atoms with Crippen LogP contribution in [0.2, 0.25) is 0 Å². The Morgan fingerprint density at radius 2 is 1.15 bits per heavy atom. The summed E-state index contributed by atoms with van der Waals surface area (Å²) < 4.78 is 10.4. The summed E-state index contributed by atoms with van der Waals surface area (Å²) in [6, 6.07) is 11.0. The number of esters is 2. The van der Waals surface area contributed by atoms with Crippen molar-refractivity contribution in [3.8, 4) is 11.5 Å². The molecule has 0 aromatic heterocycles. The van der Waals surface area contributed by atoms with Gasteiger partial charge in [-0.25, -0.2) is 0 Å². The van der Waals surface area contributed by atoms with E-state index in [0.717, 1.165) is 0 Å². The molecule has 0 saturated carbocycles. The molecule has 2 aliphatic rings. The third kappa shape index (κ3) is 3.19. The monoisotopic (exact) mass is 468 g/mol. The summed E-state index contributed by atoms with van der Waals surface area (Å²) in [6.45, 7) is 0.0743. The lowest BCUT2D eigenvalue weighted by atomic mass is 9.54. The number of carbonyl (C=O) groups is 3. The van der Waals surface area contributed by atoms with Gasteiger partial charge in [-0.15, -0.1) is 0 Å². The molecule has 9 heteroatoms. The molecule has 2 fully saturated rings. The van der Waals surface area contributed by atoms with Gasteiger partial charge >= 0.3 is 11.9 Å². The van der Waals surface area contributed by atoms with Crippen LogP contribution in [0.15, 0.2) is 48.5 Å². The molecule has 2 aliphatic heterocycles. The molecular formula is C25H28N2O7. The summed E-state index contributed by atoms with van der Waals surface area (Å²) in [5.41, 5.74) is -2.24. The summed E-state index contributed by atoms with van der Waals surface area (Å²) in [4.78, 5) is 45.0. The SMILES string of the molecule is COC(=O)[C@]12CN(C)C[C@](C(=O)OC)(C1=O)[C@@H](c1ccc(O)cc1)N(C)[C@H]2c1ccc(O)cc1. The number of aromatic hydroxyl groups is 2. The highest BCUT2D eigenvalue weighted by molar-refractivity contribution is 6.17. The number of phenolic OH excluding ortho intramolecular Hbond substituents is 2. The van der Waals surface area contributed by atoms with Gasteiger partial charge < -0.3 is 24.6 Å². The van der Waals surface area contributed by atoms with Gasteiger partial charge in [0.2, 0.25) is 0 Å². The first-order valence-electron chi connectivity index (χ1n) is 10.8. The molecule has 0 unspecified atom stereocenters. The zero-order valence-electron chi connectivity index (χ0n) is 19.5. The number of nitrogens with zero attached hydrogens (tertiary/aromatic N) is 2. The summed E-state index contributed by atoms with van der Waals surface area (Å²) in [7, 11) is 5.94. The number of piperidine rings is 2. The number of hydrogen-bond acceptors (Lipinski definition) is 9. The molecule has 4 atom stereocenters. The summed E-state index contributed by atoms with van der Waals surface area (Å²) in [5.74, 6) is -1.97. The van der Waals surface area contributed by atoms with Crippen molar-refractivity contribution in [1.82, 2.24) is 9.80 Å². The minimum Gasteiger partial charge on any atom is -0.508 e. The Bertz CT molecular complexity index is 1030. The van der Waals surface area contributed by atoms with Crippen LogP contribution in [0.4, 0.5) is 0 Å². The highest BCUT2D eigenvalue weighted by Gasteiger charge is 2.74. The number of likely N-dealkylation sites (tertiary alicyclic amines) is 2. The van der Waals surface area contributed by atoms with E-state index in [0.29, 0.717) is 11.1 Å². The third-order valence-electron chi connectivity index (χ3n) is 7.11. The standard InChI is InChI=1S/C25H28N2O7/c1-26-13-24(22(31)33-3)19(15-5-9-17(28)10-6-15)27(2)20(16-7-11-18(29)12-8-16)25(14-26,21(24)30)23(32)34-4/h5-12,19-20,28-29H,13-14H2,1-4H3/t19-,20+,24-,25+. The Morgan fingerprint density at radius 3 is 1.47 bits per heavy atom. The molecule has 0 radical (unpaired) electrons. The lowest BCUT2D eigenvalue weighted by Crippen LogP contribution is -2.75. The topological polar surface area (TPSA) is 117 Å². The molecule has 0 aliphatic carbocycles. The van der Waals surface area contributed by atoms with E-state index < -0.39 is 40.6 Å². The molecule has 2 saturated heterocycles. The van der Waals surface area contributed by atoms with Crippen molar-refractivity contribution in [2.24, 2.45) is 10.8 Å². The van der Waals surface area contributed by atoms with Crippen molar-refractivity contribution in [3.63, 3.8) is 0 Å². The Hall–Kier alpha value is -3.43. The van der Waals surface area contributed by atoms with E-state index in [-0.39, 0.29) is 24.6 Å². The second kappa shape index (κ2) is 8.41. The minimum atomic E-state index is -1.73. The average Bonchev–Trinajstić information content (AvgIpc) is 2.82. The van der Waals surface area contributed by atoms with Gasteiger partial charge in [0.15, 0.2) is 16.6 Å². The van der Waals surface area contributed by atoms with Gasteiger partial charge in [-0.05, 0) is 49.5 Å². The molecule has 4 rings (SSSR count). The number of hydrogen-bond donors (Lipinski definition) is 2. The number of fused-ring (bicyclic) bond motifs is 2. The Balaban J connectivity index is 2.06. The predicted molar refractivity (Wildman–Crippen MR) is 121 cm³/mol. The fourth-order valence-corrected chi connectivity index (χ4v) is 5.97. The van der Waals surface area contributed by atoms with Crippen LogP contribution in [0.1, 0.15) is 23.2 Å². The van der Waals surface area contributed by atoms with Gasteiger partial charge in [-0.2, -0.15) is 0 Å². The van der Waals surface area contributed by atoms with Crippen LogP contribution in [-0.2, 0) is 23.9 Å². The first-order chi connectivity index (χ1) is 16.1. The van der Waals surface area contributed by atoms with Crippen LogP contribution >= 0.6 is 0 Å². The normalized spacial score (nSPS) is 29.5. The Labute approximate surface area is 197 Å². The molecule has 2 bridgehead atoms. The van der Waals surface area contributed by atoms with Crippen molar-refractivity contribution in [1.29, 1.82) is 0 Å². The van der Waals surface area contributed by atoms with Crippen LogP contribution in [0.5, 0.6) is 11.5 Å². The number of rotatable bonds is 4. The van der Waals surface area contributed by atoms with E-state index in [1.165, 1.54) is 38.5 Å². The maximum Gasteiger partial charge on any atom is 0.322 e. The number of ether oxygens (including phenoxy) is 2. The maximum atomic E-state index is 14.5. The largest absolute Gasteiger partial charge is 0.508 e. The molecule has 2 aromatic rings. The average molecular weight is 469 g/mol. The van der Waals surface area contributed by atoms with E-state index >= 15 is 0 Å². The fourth-order valence-electron chi connectivity index (χ4n) is 5.97. The molecule has 34 heavy (non-hydrogen) atoms.